The van der Waals surface area contributed by atoms with Gasteiger partial charge >= 0.3 is 5.69 Å². The predicted octanol–water partition coefficient (Wildman–Crippen LogP) is 2.45. The SMILES string of the molecule is C=CCn1c(O)c(C(CC)=Nc2ccc3c(c2)CCC3)c(=O)[nH]c1=O. The Morgan fingerprint density at radius 3 is 2.84 bits per heavy atom. The second kappa shape index (κ2) is 6.93. The molecule has 6 heteroatoms. The van der Waals surface area contributed by atoms with Crippen LogP contribution in [-0.2, 0) is 19.4 Å². The van der Waals surface area contributed by atoms with Gasteiger partial charge in [0.05, 0.1) is 11.4 Å². The van der Waals surface area contributed by atoms with E-state index in [4.69, 9.17) is 0 Å². The first-order valence-corrected chi connectivity index (χ1v) is 8.41. The van der Waals surface area contributed by atoms with Crippen LogP contribution in [0, 0.1) is 0 Å². The van der Waals surface area contributed by atoms with E-state index in [2.05, 4.69) is 22.6 Å². The normalized spacial score (nSPS) is 13.7. The van der Waals surface area contributed by atoms with Crippen molar-refractivity contribution in [1.29, 1.82) is 0 Å². The van der Waals surface area contributed by atoms with Gasteiger partial charge in [0.15, 0.2) is 0 Å². The average molecular weight is 339 g/mol. The topological polar surface area (TPSA) is 87.4 Å². The monoisotopic (exact) mass is 339 g/mol. The van der Waals surface area contributed by atoms with Crippen molar-refractivity contribution in [3.63, 3.8) is 0 Å². The molecule has 0 atom stereocenters. The summed E-state index contributed by atoms with van der Waals surface area (Å²) in [7, 11) is 0. The molecule has 0 saturated carbocycles. The van der Waals surface area contributed by atoms with E-state index >= 15 is 0 Å². The maximum absolute atomic E-state index is 12.3. The molecule has 6 nitrogen and oxygen atoms in total. The Morgan fingerprint density at radius 1 is 1.36 bits per heavy atom. The predicted molar refractivity (Wildman–Crippen MR) is 98.1 cm³/mol. The third-order valence-electron chi connectivity index (χ3n) is 4.45. The number of aromatic hydroxyl groups is 1. The third kappa shape index (κ3) is 3.20. The van der Waals surface area contributed by atoms with Gasteiger partial charge in [-0.1, -0.05) is 19.1 Å². The zero-order chi connectivity index (χ0) is 18.0. The number of fused-ring (bicyclic) bond motifs is 1. The first-order valence-electron chi connectivity index (χ1n) is 8.41. The van der Waals surface area contributed by atoms with Crippen LogP contribution in [0.3, 0.4) is 0 Å². The van der Waals surface area contributed by atoms with E-state index in [9.17, 15) is 14.7 Å². The lowest BCUT2D eigenvalue weighted by Gasteiger charge is -2.11. The number of aromatic amines is 1. The molecule has 2 N–H and O–H groups in total. The van der Waals surface area contributed by atoms with Crippen molar-refractivity contribution < 1.29 is 5.11 Å². The lowest BCUT2D eigenvalue weighted by Crippen LogP contribution is -2.33. The molecule has 1 aliphatic rings. The zero-order valence-corrected chi connectivity index (χ0v) is 14.2. The molecule has 3 rings (SSSR count). The van der Waals surface area contributed by atoms with Crippen molar-refractivity contribution in [1.82, 2.24) is 9.55 Å². The summed E-state index contributed by atoms with van der Waals surface area (Å²) < 4.78 is 1.07. The summed E-state index contributed by atoms with van der Waals surface area (Å²) in [5.41, 5.74) is 2.55. The third-order valence-corrected chi connectivity index (χ3v) is 4.45. The Labute approximate surface area is 145 Å². The van der Waals surface area contributed by atoms with Crippen molar-refractivity contribution in [2.45, 2.75) is 39.2 Å². The van der Waals surface area contributed by atoms with Gasteiger partial charge in [-0.2, -0.15) is 0 Å². The Balaban J connectivity index is 2.12. The number of benzene rings is 1. The first-order chi connectivity index (χ1) is 12.0. The molecule has 25 heavy (non-hydrogen) atoms. The number of rotatable bonds is 5. The number of allylic oxidation sites excluding steroid dienone is 1. The number of aliphatic imine (C=N–C) groups is 1. The maximum atomic E-state index is 12.3. The van der Waals surface area contributed by atoms with Crippen molar-refractivity contribution >= 4 is 11.4 Å². The number of hydrogen-bond acceptors (Lipinski definition) is 4. The minimum Gasteiger partial charge on any atom is -0.494 e. The van der Waals surface area contributed by atoms with E-state index in [-0.39, 0.29) is 18.0 Å². The molecule has 0 spiro atoms. The summed E-state index contributed by atoms with van der Waals surface area (Å²) in [5, 5.41) is 10.4. The quantitative estimate of drug-likeness (QED) is 0.648. The second-order valence-electron chi connectivity index (χ2n) is 6.08. The van der Waals surface area contributed by atoms with E-state index in [0.717, 1.165) is 29.5 Å². The second-order valence-corrected chi connectivity index (χ2v) is 6.08. The molecular weight excluding hydrogens is 318 g/mol. The molecule has 1 aliphatic carbocycles. The Morgan fingerprint density at radius 2 is 2.12 bits per heavy atom. The number of nitrogens with zero attached hydrogens (tertiary/aromatic N) is 2. The molecule has 0 fully saturated rings. The molecule has 130 valence electrons. The molecule has 0 unspecified atom stereocenters. The summed E-state index contributed by atoms with van der Waals surface area (Å²) in [6, 6.07) is 6.02. The minimum absolute atomic E-state index is 0.0319. The molecule has 0 radical (unpaired) electrons. The Kier molecular flexibility index (Phi) is 4.70. The van der Waals surface area contributed by atoms with Gasteiger partial charge in [0.25, 0.3) is 5.56 Å². The number of H-pyrrole nitrogens is 1. The van der Waals surface area contributed by atoms with Gasteiger partial charge in [0.1, 0.15) is 5.56 Å². The molecule has 0 bridgehead atoms. The van der Waals surface area contributed by atoms with E-state index in [0.29, 0.717) is 12.1 Å². The van der Waals surface area contributed by atoms with Crippen LogP contribution in [0.25, 0.3) is 0 Å². The highest BCUT2D eigenvalue weighted by Crippen LogP contribution is 2.27. The largest absolute Gasteiger partial charge is 0.494 e. The van der Waals surface area contributed by atoms with Crippen LogP contribution in [0.15, 0.2) is 45.4 Å². The number of aromatic nitrogens is 2. The van der Waals surface area contributed by atoms with Gasteiger partial charge in [-0.15, -0.1) is 6.58 Å². The fraction of sp³-hybridized carbons (Fsp3) is 0.316. The number of aryl methyl sites for hydroxylation is 2. The molecule has 1 aromatic heterocycles. The lowest BCUT2D eigenvalue weighted by molar-refractivity contribution is 0.409. The first kappa shape index (κ1) is 17.0. The molecule has 2 aromatic rings. The maximum Gasteiger partial charge on any atom is 0.331 e. The average Bonchev–Trinajstić information content (AvgIpc) is 3.05. The van der Waals surface area contributed by atoms with Gasteiger partial charge in [-0.25, -0.2) is 4.79 Å². The number of nitrogens with one attached hydrogen (secondary N) is 1. The van der Waals surface area contributed by atoms with Crippen molar-refractivity contribution in [2.24, 2.45) is 4.99 Å². The van der Waals surface area contributed by atoms with Crippen molar-refractivity contribution in [3.8, 4) is 5.88 Å². The lowest BCUT2D eigenvalue weighted by atomic mass is 10.1. The van der Waals surface area contributed by atoms with E-state index in [1.807, 2.05) is 19.1 Å². The van der Waals surface area contributed by atoms with Crippen LogP contribution in [0.1, 0.15) is 36.5 Å². The minimum atomic E-state index is -0.667. The van der Waals surface area contributed by atoms with Gasteiger partial charge in [0, 0.05) is 6.54 Å². The van der Waals surface area contributed by atoms with Gasteiger partial charge < -0.3 is 5.11 Å². The zero-order valence-electron chi connectivity index (χ0n) is 14.2. The summed E-state index contributed by atoms with van der Waals surface area (Å²) in [6.07, 6.45) is 5.20. The standard InChI is InChI=1S/C19H21N3O3/c1-3-10-22-18(24)16(17(23)21-19(22)25)15(4-2)20-14-9-8-12-6-5-7-13(12)11-14/h3,8-9,11,24H,1,4-7,10H2,2H3,(H,21,23,25). The van der Waals surface area contributed by atoms with E-state index < -0.39 is 11.2 Å². The molecular formula is C19H21N3O3. The van der Waals surface area contributed by atoms with Crippen LogP contribution >= 0.6 is 0 Å². The highest BCUT2D eigenvalue weighted by atomic mass is 16.3. The van der Waals surface area contributed by atoms with Gasteiger partial charge in [-0.05, 0) is 48.9 Å². The summed E-state index contributed by atoms with van der Waals surface area (Å²) in [6.45, 7) is 5.52. The number of hydrogen-bond donors (Lipinski definition) is 2. The highest BCUT2D eigenvalue weighted by molar-refractivity contribution is 6.03. The van der Waals surface area contributed by atoms with Crippen LogP contribution < -0.4 is 11.2 Å². The van der Waals surface area contributed by atoms with E-state index in [1.165, 1.54) is 17.2 Å². The fourth-order valence-electron chi connectivity index (χ4n) is 3.21. The Hall–Kier alpha value is -2.89. The summed E-state index contributed by atoms with van der Waals surface area (Å²) >= 11 is 0. The summed E-state index contributed by atoms with van der Waals surface area (Å²) in [4.78, 5) is 30.9. The molecule has 0 saturated heterocycles. The molecule has 1 heterocycles. The van der Waals surface area contributed by atoms with Crippen molar-refractivity contribution in [3.05, 3.63) is 68.4 Å². The molecule has 1 aromatic carbocycles. The van der Waals surface area contributed by atoms with Crippen LogP contribution in [0.4, 0.5) is 5.69 Å². The van der Waals surface area contributed by atoms with Crippen LogP contribution in [0.2, 0.25) is 0 Å². The van der Waals surface area contributed by atoms with Gasteiger partial charge in [-0.3, -0.25) is 19.3 Å². The summed E-state index contributed by atoms with van der Waals surface area (Å²) in [5.74, 6) is -0.379. The van der Waals surface area contributed by atoms with E-state index in [1.54, 1.807) is 0 Å². The van der Waals surface area contributed by atoms with Crippen LogP contribution in [0.5, 0.6) is 5.88 Å². The Bertz CT molecular complexity index is 967. The fourth-order valence-corrected chi connectivity index (χ4v) is 3.21. The van der Waals surface area contributed by atoms with Gasteiger partial charge in [0.2, 0.25) is 5.88 Å². The van der Waals surface area contributed by atoms with Crippen LogP contribution in [-0.4, -0.2) is 20.4 Å². The molecule has 0 aliphatic heterocycles. The smallest absolute Gasteiger partial charge is 0.331 e. The van der Waals surface area contributed by atoms with Crippen molar-refractivity contribution in [2.75, 3.05) is 0 Å². The molecule has 0 amide bonds. The highest BCUT2D eigenvalue weighted by Gasteiger charge is 2.18.